The van der Waals surface area contributed by atoms with Gasteiger partial charge in [0.05, 0.1) is 12.1 Å². The maximum Gasteiger partial charge on any atom is 0.255 e. The molecular weight excluding hydrogens is 370 g/mol. The Balaban J connectivity index is 1.65. The maximum atomic E-state index is 13.1. The van der Waals surface area contributed by atoms with Gasteiger partial charge in [0.1, 0.15) is 5.76 Å². The molecule has 1 saturated heterocycles. The van der Waals surface area contributed by atoms with E-state index < -0.39 is 0 Å². The van der Waals surface area contributed by atoms with Crippen molar-refractivity contribution < 1.29 is 14.1 Å². The fraction of sp³-hybridized carbons (Fsp3) is 0.571. The normalized spacial score (nSPS) is 15.0. The Hall–Kier alpha value is -2.61. The van der Waals surface area contributed by atoms with E-state index in [9.17, 15) is 9.59 Å². The fourth-order valence-electron chi connectivity index (χ4n) is 3.94. The predicted molar refractivity (Wildman–Crippen MR) is 110 cm³/mol. The summed E-state index contributed by atoms with van der Waals surface area (Å²) in [5, 5.41) is 4.08. The molecule has 0 bridgehead atoms. The molecule has 0 unspecified atom stereocenters. The monoisotopic (exact) mass is 401 g/mol. The molecule has 29 heavy (non-hydrogen) atoms. The van der Waals surface area contributed by atoms with Crippen molar-refractivity contribution >= 4 is 11.8 Å². The molecule has 3 heterocycles. The molecule has 0 aromatic carbocycles. The van der Waals surface area contributed by atoms with Crippen LogP contribution in [0.5, 0.6) is 0 Å². The van der Waals surface area contributed by atoms with Crippen molar-refractivity contribution in [2.75, 3.05) is 45.8 Å². The average molecular weight is 402 g/mol. The zero-order valence-corrected chi connectivity index (χ0v) is 18.1. The number of hydrogen-bond acceptors (Lipinski definition) is 5. The third-order valence-electron chi connectivity index (χ3n) is 5.64. The van der Waals surface area contributed by atoms with Crippen molar-refractivity contribution in [3.63, 3.8) is 0 Å². The van der Waals surface area contributed by atoms with Crippen LogP contribution in [0.3, 0.4) is 0 Å². The molecule has 1 fully saturated rings. The summed E-state index contributed by atoms with van der Waals surface area (Å²) in [5.41, 5.74) is 2.50. The van der Waals surface area contributed by atoms with Crippen LogP contribution < -0.4 is 0 Å². The van der Waals surface area contributed by atoms with Gasteiger partial charge in [-0.2, -0.15) is 0 Å². The quantitative estimate of drug-likeness (QED) is 0.740. The Morgan fingerprint density at radius 2 is 1.72 bits per heavy atom. The smallest absolute Gasteiger partial charge is 0.255 e. The number of amides is 2. The summed E-state index contributed by atoms with van der Waals surface area (Å²) in [6.07, 6.45) is 0. The molecular formula is C21H31N5O3. The summed E-state index contributed by atoms with van der Waals surface area (Å²) in [7, 11) is 0. The van der Waals surface area contributed by atoms with Crippen LogP contribution in [0.25, 0.3) is 5.82 Å². The molecule has 8 nitrogen and oxygen atoms in total. The van der Waals surface area contributed by atoms with Crippen LogP contribution in [0.2, 0.25) is 0 Å². The number of rotatable bonds is 6. The van der Waals surface area contributed by atoms with Crippen molar-refractivity contribution in [2.45, 2.75) is 34.6 Å². The molecule has 0 saturated carbocycles. The van der Waals surface area contributed by atoms with Crippen LogP contribution in [0.15, 0.2) is 16.7 Å². The maximum absolute atomic E-state index is 13.1. The number of aryl methyl sites for hydroxylation is 2. The number of nitrogens with zero attached hydrogens (tertiary/aromatic N) is 5. The zero-order valence-electron chi connectivity index (χ0n) is 18.1. The van der Waals surface area contributed by atoms with Crippen molar-refractivity contribution in [1.29, 1.82) is 0 Å². The molecule has 0 atom stereocenters. The Kier molecular flexibility index (Phi) is 6.42. The highest BCUT2D eigenvalue weighted by Crippen LogP contribution is 2.22. The lowest BCUT2D eigenvalue weighted by molar-refractivity contribution is -0.132. The highest BCUT2D eigenvalue weighted by molar-refractivity contribution is 5.96. The van der Waals surface area contributed by atoms with E-state index >= 15 is 0 Å². The number of carbonyl (C=O) groups excluding carboxylic acids is 2. The Labute approximate surface area is 172 Å². The predicted octanol–water partition coefficient (Wildman–Crippen LogP) is 2.02. The summed E-state index contributed by atoms with van der Waals surface area (Å²) in [6, 6.07) is 3.78. The minimum Gasteiger partial charge on any atom is -0.360 e. The molecule has 2 amide bonds. The molecule has 0 aliphatic carbocycles. The second-order valence-electron chi connectivity index (χ2n) is 7.55. The highest BCUT2D eigenvalue weighted by Gasteiger charge is 2.27. The minimum atomic E-state index is 0.0271. The largest absolute Gasteiger partial charge is 0.360 e. The van der Waals surface area contributed by atoms with Crippen molar-refractivity contribution in [2.24, 2.45) is 0 Å². The average Bonchev–Trinajstić information content (AvgIpc) is 3.25. The Morgan fingerprint density at radius 3 is 2.28 bits per heavy atom. The molecule has 2 aromatic heterocycles. The Bertz CT molecular complexity index is 873. The van der Waals surface area contributed by atoms with E-state index in [1.54, 1.807) is 0 Å². The molecule has 158 valence electrons. The van der Waals surface area contributed by atoms with Crippen molar-refractivity contribution in [3.05, 3.63) is 34.8 Å². The van der Waals surface area contributed by atoms with Gasteiger partial charge in [-0.05, 0) is 40.7 Å². The Morgan fingerprint density at radius 1 is 1.07 bits per heavy atom. The first kappa shape index (κ1) is 21.1. The molecule has 8 heteroatoms. The summed E-state index contributed by atoms with van der Waals surface area (Å²) in [4.78, 5) is 31.3. The summed E-state index contributed by atoms with van der Waals surface area (Å²) in [6.45, 7) is 14.3. The summed E-state index contributed by atoms with van der Waals surface area (Å²) < 4.78 is 7.14. The summed E-state index contributed by atoms with van der Waals surface area (Å²) >= 11 is 0. The van der Waals surface area contributed by atoms with Crippen LogP contribution in [0.4, 0.5) is 0 Å². The van der Waals surface area contributed by atoms with Gasteiger partial charge >= 0.3 is 0 Å². The number of piperazine rings is 1. The number of hydrogen-bond donors (Lipinski definition) is 0. The highest BCUT2D eigenvalue weighted by atomic mass is 16.5. The molecule has 0 radical (unpaired) electrons. The number of likely N-dealkylation sites (N-methyl/N-ethyl adjacent to an activating group) is 1. The van der Waals surface area contributed by atoms with E-state index in [4.69, 9.17) is 4.52 Å². The lowest BCUT2D eigenvalue weighted by Gasteiger charge is -2.35. The lowest BCUT2D eigenvalue weighted by atomic mass is 10.2. The summed E-state index contributed by atoms with van der Waals surface area (Å²) in [5.74, 6) is 1.60. The minimum absolute atomic E-state index is 0.0271. The van der Waals surface area contributed by atoms with Gasteiger partial charge in [0.15, 0.2) is 5.82 Å². The second-order valence-corrected chi connectivity index (χ2v) is 7.55. The lowest BCUT2D eigenvalue weighted by Crippen LogP contribution is -2.51. The molecule has 2 aromatic rings. The van der Waals surface area contributed by atoms with Gasteiger partial charge in [0.2, 0.25) is 5.91 Å². The third kappa shape index (κ3) is 4.37. The van der Waals surface area contributed by atoms with Crippen molar-refractivity contribution in [1.82, 2.24) is 24.4 Å². The van der Waals surface area contributed by atoms with Gasteiger partial charge in [0.25, 0.3) is 5.91 Å². The van der Waals surface area contributed by atoms with E-state index in [1.807, 2.05) is 61.1 Å². The van der Waals surface area contributed by atoms with Gasteiger partial charge < -0.3 is 14.3 Å². The van der Waals surface area contributed by atoms with Gasteiger partial charge in [-0.3, -0.25) is 19.1 Å². The second kappa shape index (κ2) is 8.82. The van der Waals surface area contributed by atoms with Crippen LogP contribution in [-0.2, 0) is 4.79 Å². The van der Waals surface area contributed by atoms with E-state index in [2.05, 4.69) is 10.1 Å². The van der Waals surface area contributed by atoms with Crippen LogP contribution >= 0.6 is 0 Å². The van der Waals surface area contributed by atoms with Crippen LogP contribution in [-0.4, -0.2) is 82.1 Å². The SMILES string of the molecule is CCN(CC)C(=O)CN1CCN(C(=O)c2cc(C)n(-c3cc(C)on3)c2C)CC1. The first-order valence-electron chi connectivity index (χ1n) is 10.3. The molecule has 0 spiro atoms. The molecule has 0 N–H and O–H groups in total. The topological polar surface area (TPSA) is 74.8 Å². The number of aromatic nitrogens is 2. The fourth-order valence-corrected chi connectivity index (χ4v) is 3.94. The molecule has 1 aliphatic rings. The van der Waals surface area contributed by atoms with Gasteiger partial charge in [0, 0.05) is 56.7 Å². The first-order chi connectivity index (χ1) is 13.8. The van der Waals surface area contributed by atoms with E-state index in [-0.39, 0.29) is 11.8 Å². The van der Waals surface area contributed by atoms with Gasteiger partial charge in [-0.15, -0.1) is 0 Å². The van der Waals surface area contributed by atoms with Crippen LogP contribution in [0, 0.1) is 20.8 Å². The molecule has 1 aliphatic heterocycles. The van der Waals surface area contributed by atoms with Crippen LogP contribution in [0.1, 0.15) is 41.4 Å². The van der Waals surface area contributed by atoms with E-state index in [0.29, 0.717) is 44.1 Å². The standard InChI is InChI=1S/C21H31N5O3/c1-6-24(7-2)20(27)14-23-8-10-25(11-9-23)21(28)18-12-15(3)26(17(18)5)19-13-16(4)29-22-19/h12-13H,6-11,14H2,1-5H3. The number of carbonyl (C=O) groups is 2. The van der Waals surface area contributed by atoms with Crippen molar-refractivity contribution in [3.8, 4) is 5.82 Å². The van der Waals surface area contributed by atoms with Gasteiger partial charge in [-0.1, -0.05) is 5.16 Å². The molecule has 3 rings (SSSR count). The van der Waals surface area contributed by atoms with E-state index in [0.717, 1.165) is 30.2 Å². The van der Waals surface area contributed by atoms with E-state index in [1.165, 1.54) is 0 Å². The first-order valence-corrected chi connectivity index (χ1v) is 10.3. The third-order valence-corrected chi connectivity index (χ3v) is 5.64. The van der Waals surface area contributed by atoms with Gasteiger partial charge in [-0.25, -0.2) is 0 Å². The zero-order chi connectivity index (χ0) is 21.1.